The van der Waals surface area contributed by atoms with Crippen LogP contribution < -0.4 is 4.31 Å². The molecular weight excluding hydrogens is 358 g/mol. The molecule has 0 aromatic heterocycles. The average Bonchev–Trinajstić information content (AvgIpc) is 2.69. The van der Waals surface area contributed by atoms with Crippen LogP contribution in [0.5, 0.6) is 0 Å². The van der Waals surface area contributed by atoms with Crippen molar-refractivity contribution in [2.24, 2.45) is 0 Å². The van der Waals surface area contributed by atoms with Crippen molar-refractivity contribution >= 4 is 21.6 Å². The summed E-state index contributed by atoms with van der Waals surface area (Å²) in [5, 5.41) is 0. The van der Waals surface area contributed by atoms with Crippen LogP contribution in [-0.2, 0) is 21.2 Å². The van der Waals surface area contributed by atoms with Crippen molar-refractivity contribution in [3.05, 3.63) is 96.1 Å². The zero-order chi connectivity index (χ0) is 19.3. The summed E-state index contributed by atoms with van der Waals surface area (Å²) in [6.45, 7) is 1.91. The molecular formula is C22H21NO3S. The van der Waals surface area contributed by atoms with Gasteiger partial charge in [0.15, 0.2) is 0 Å². The lowest BCUT2D eigenvalue weighted by molar-refractivity contribution is -0.117. The number of carbonyl (C=O) groups excluding carboxylic acids is 1. The number of sulfonamides is 1. The highest BCUT2D eigenvalue weighted by atomic mass is 32.2. The second-order valence-electron chi connectivity index (χ2n) is 6.30. The van der Waals surface area contributed by atoms with Gasteiger partial charge in [-0.3, -0.25) is 4.79 Å². The van der Waals surface area contributed by atoms with Crippen LogP contribution in [0.3, 0.4) is 0 Å². The molecule has 0 bridgehead atoms. The van der Waals surface area contributed by atoms with Gasteiger partial charge in [-0.25, -0.2) is 12.7 Å². The smallest absolute Gasteiger partial charge is 0.270 e. The molecule has 3 rings (SSSR count). The van der Waals surface area contributed by atoms with E-state index in [1.165, 1.54) is 12.1 Å². The first-order chi connectivity index (χ1) is 13.0. The van der Waals surface area contributed by atoms with Crippen LogP contribution in [0.2, 0.25) is 0 Å². The van der Waals surface area contributed by atoms with E-state index in [1.807, 2.05) is 37.3 Å². The van der Waals surface area contributed by atoms with E-state index in [-0.39, 0.29) is 11.3 Å². The number of rotatable bonds is 6. The minimum Gasteiger partial charge on any atom is -0.273 e. The average molecular weight is 379 g/mol. The summed E-state index contributed by atoms with van der Waals surface area (Å²) in [4.78, 5) is 13.1. The Labute approximate surface area is 160 Å². The van der Waals surface area contributed by atoms with Gasteiger partial charge in [0.1, 0.15) is 0 Å². The zero-order valence-electron chi connectivity index (χ0n) is 15.1. The molecule has 0 aliphatic heterocycles. The van der Waals surface area contributed by atoms with Crippen molar-refractivity contribution in [2.75, 3.05) is 4.31 Å². The lowest BCUT2D eigenvalue weighted by atomic mass is 10.1. The number of hydrogen-bond acceptors (Lipinski definition) is 3. The topological polar surface area (TPSA) is 54.5 Å². The predicted octanol–water partition coefficient (Wildman–Crippen LogP) is 4.35. The fraction of sp³-hybridized carbons (Fsp3) is 0.136. The maximum Gasteiger partial charge on any atom is 0.270 e. The van der Waals surface area contributed by atoms with Crippen LogP contribution in [0.1, 0.15) is 17.5 Å². The molecule has 0 aliphatic carbocycles. The van der Waals surface area contributed by atoms with Gasteiger partial charge in [0.25, 0.3) is 10.0 Å². The van der Waals surface area contributed by atoms with Crippen LogP contribution in [-0.4, -0.2) is 14.3 Å². The molecule has 0 aliphatic rings. The number of benzene rings is 3. The number of hydrogen-bond donors (Lipinski definition) is 0. The first-order valence-corrected chi connectivity index (χ1v) is 10.2. The summed E-state index contributed by atoms with van der Waals surface area (Å²) in [6.07, 6.45) is 0.580. The number of nitrogens with zero attached hydrogens (tertiary/aromatic N) is 1. The summed E-state index contributed by atoms with van der Waals surface area (Å²) < 4.78 is 27.3. The highest BCUT2D eigenvalue weighted by Crippen LogP contribution is 2.25. The van der Waals surface area contributed by atoms with Crippen molar-refractivity contribution in [1.29, 1.82) is 0 Å². The first-order valence-electron chi connectivity index (χ1n) is 8.72. The third kappa shape index (κ3) is 4.44. The summed E-state index contributed by atoms with van der Waals surface area (Å²) in [5.74, 6) is -0.452. The molecule has 27 heavy (non-hydrogen) atoms. The van der Waals surface area contributed by atoms with E-state index >= 15 is 0 Å². The molecule has 3 aromatic carbocycles. The van der Waals surface area contributed by atoms with Crippen molar-refractivity contribution in [2.45, 2.75) is 24.7 Å². The van der Waals surface area contributed by atoms with Crippen molar-refractivity contribution in [1.82, 2.24) is 0 Å². The van der Waals surface area contributed by atoms with Gasteiger partial charge >= 0.3 is 0 Å². The normalized spacial score (nSPS) is 11.1. The van der Waals surface area contributed by atoms with Crippen molar-refractivity contribution in [3.8, 4) is 0 Å². The van der Waals surface area contributed by atoms with Crippen LogP contribution >= 0.6 is 0 Å². The van der Waals surface area contributed by atoms with E-state index in [9.17, 15) is 13.2 Å². The van der Waals surface area contributed by atoms with Gasteiger partial charge < -0.3 is 0 Å². The minimum atomic E-state index is -3.99. The number of carbonyl (C=O) groups is 1. The Morgan fingerprint density at radius 1 is 0.815 bits per heavy atom. The summed E-state index contributed by atoms with van der Waals surface area (Å²) in [6, 6.07) is 24.5. The lowest BCUT2D eigenvalue weighted by Gasteiger charge is -2.23. The second-order valence-corrected chi connectivity index (χ2v) is 8.08. The van der Waals surface area contributed by atoms with Gasteiger partial charge in [-0.15, -0.1) is 0 Å². The van der Waals surface area contributed by atoms with Crippen LogP contribution in [0.25, 0.3) is 0 Å². The maximum absolute atomic E-state index is 13.2. The summed E-state index contributed by atoms with van der Waals surface area (Å²) in [7, 11) is -3.99. The number of amides is 1. The molecule has 1 amide bonds. The van der Waals surface area contributed by atoms with E-state index in [2.05, 4.69) is 0 Å². The van der Waals surface area contributed by atoms with Gasteiger partial charge in [-0.1, -0.05) is 66.2 Å². The highest BCUT2D eigenvalue weighted by Gasteiger charge is 2.30. The Morgan fingerprint density at radius 3 is 1.96 bits per heavy atom. The Bertz CT molecular complexity index is 998. The fourth-order valence-electron chi connectivity index (χ4n) is 2.79. The third-order valence-electron chi connectivity index (χ3n) is 4.25. The molecule has 0 atom stereocenters. The molecule has 0 saturated heterocycles. The van der Waals surface area contributed by atoms with Crippen molar-refractivity contribution in [3.63, 3.8) is 0 Å². The van der Waals surface area contributed by atoms with E-state index in [0.29, 0.717) is 12.1 Å². The van der Waals surface area contributed by atoms with Gasteiger partial charge in [0.2, 0.25) is 5.91 Å². The van der Waals surface area contributed by atoms with Gasteiger partial charge in [0, 0.05) is 6.42 Å². The molecule has 0 saturated carbocycles. The Morgan fingerprint density at radius 2 is 1.37 bits per heavy atom. The molecule has 0 N–H and O–H groups in total. The molecule has 5 heteroatoms. The Kier molecular flexibility index (Phi) is 5.72. The molecule has 138 valence electrons. The molecule has 0 heterocycles. The van der Waals surface area contributed by atoms with Gasteiger partial charge in [-0.05, 0) is 43.2 Å². The van der Waals surface area contributed by atoms with E-state index in [0.717, 1.165) is 15.4 Å². The highest BCUT2D eigenvalue weighted by molar-refractivity contribution is 7.93. The standard InChI is InChI=1S/C22H21NO3S/c1-18-12-15-20(16-13-18)23(27(25,26)21-10-6-3-7-11-21)22(24)17-14-19-8-4-2-5-9-19/h2-13,15-16H,14,17H2,1H3. The quantitative estimate of drug-likeness (QED) is 0.640. The second kappa shape index (κ2) is 8.18. The zero-order valence-corrected chi connectivity index (χ0v) is 15.9. The first kappa shape index (κ1) is 18.9. The van der Waals surface area contributed by atoms with Crippen molar-refractivity contribution < 1.29 is 13.2 Å². The van der Waals surface area contributed by atoms with Crippen LogP contribution in [0, 0.1) is 6.92 Å². The molecule has 0 radical (unpaired) electrons. The van der Waals surface area contributed by atoms with Gasteiger partial charge in [0.05, 0.1) is 10.6 Å². The largest absolute Gasteiger partial charge is 0.273 e. The molecule has 0 spiro atoms. The molecule has 3 aromatic rings. The van der Waals surface area contributed by atoms with E-state index in [4.69, 9.17) is 0 Å². The molecule has 0 fully saturated rings. The lowest BCUT2D eigenvalue weighted by Crippen LogP contribution is -2.37. The summed E-state index contributed by atoms with van der Waals surface area (Å²) in [5.41, 5.74) is 2.34. The number of aryl methyl sites for hydroxylation is 2. The maximum atomic E-state index is 13.2. The van der Waals surface area contributed by atoms with Gasteiger partial charge in [-0.2, -0.15) is 0 Å². The molecule has 4 nitrogen and oxygen atoms in total. The Hall–Kier alpha value is -2.92. The third-order valence-corrected chi connectivity index (χ3v) is 6.01. The Balaban J connectivity index is 1.95. The fourth-order valence-corrected chi connectivity index (χ4v) is 4.26. The van der Waals surface area contributed by atoms with E-state index in [1.54, 1.807) is 42.5 Å². The minimum absolute atomic E-state index is 0.0960. The van der Waals surface area contributed by atoms with E-state index < -0.39 is 15.9 Å². The number of anilines is 1. The van der Waals surface area contributed by atoms with Crippen LogP contribution in [0.4, 0.5) is 5.69 Å². The van der Waals surface area contributed by atoms with Crippen LogP contribution in [0.15, 0.2) is 89.8 Å². The SMILES string of the molecule is Cc1ccc(N(C(=O)CCc2ccccc2)S(=O)(=O)c2ccccc2)cc1. The monoisotopic (exact) mass is 379 g/mol. The predicted molar refractivity (Wildman–Crippen MR) is 107 cm³/mol. The molecule has 0 unspecified atom stereocenters. The summed E-state index contributed by atoms with van der Waals surface area (Å²) >= 11 is 0.